The second-order valence-electron chi connectivity index (χ2n) is 4.29. The normalized spacial score (nSPS) is 10.8. The summed E-state index contributed by atoms with van der Waals surface area (Å²) in [7, 11) is 0. The molecular formula is C13H15N3O. The maximum absolute atomic E-state index is 12.0. The fraction of sp³-hybridized carbons (Fsp3) is 0.308. The van der Waals surface area contributed by atoms with Crippen LogP contribution in [-0.2, 0) is 0 Å². The monoisotopic (exact) mass is 229 g/mol. The van der Waals surface area contributed by atoms with Crippen LogP contribution in [0.2, 0.25) is 0 Å². The summed E-state index contributed by atoms with van der Waals surface area (Å²) in [5.74, 6) is 0.575. The Morgan fingerprint density at radius 1 is 1.35 bits per heavy atom. The number of fused-ring (bicyclic) bond motifs is 1. The Kier molecular flexibility index (Phi) is 3.04. The largest absolute Gasteiger partial charge is 0.350 e. The van der Waals surface area contributed by atoms with Gasteiger partial charge in [-0.1, -0.05) is 12.1 Å². The molecule has 2 aromatic rings. The summed E-state index contributed by atoms with van der Waals surface area (Å²) in [4.78, 5) is 20.5. The van der Waals surface area contributed by atoms with Crippen LogP contribution in [0.25, 0.3) is 10.9 Å². The van der Waals surface area contributed by atoms with E-state index in [1.54, 1.807) is 12.3 Å². The van der Waals surface area contributed by atoms with Crippen molar-refractivity contribution in [3.63, 3.8) is 0 Å². The lowest BCUT2D eigenvalue weighted by molar-refractivity contribution is 0.0944. The first-order valence-corrected chi connectivity index (χ1v) is 5.61. The zero-order valence-electron chi connectivity index (χ0n) is 10.2. The van der Waals surface area contributed by atoms with E-state index in [-0.39, 0.29) is 11.9 Å². The summed E-state index contributed by atoms with van der Waals surface area (Å²) in [6.07, 6.45) is 1.74. The lowest BCUT2D eigenvalue weighted by Crippen LogP contribution is -2.30. The van der Waals surface area contributed by atoms with Gasteiger partial charge in [0, 0.05) is 17.6 Å². The molecule has 0 aliphatic rings. The molecule has 4 heteroatoms. The average Bonchev–Trinajstić information content (AvgIpc) is 2.27. The van der Waals surface area contributed by atoms with Gasteiger partial charge in [0.15, 0.2) is 0 Å². The third-order valence-electron chi connectivity index (χ3n) is 2.40. The third-order valence-corrected chi connectivity index (χ3v) is 2.40. The van der Waals surface area contributed by atoms with Crippen molar-refractivity contribution in [2.45, 2.75) is 26.8 Å². The molecule has 1 aromatic carbocycles. The minimum Gasteiger partial charge on any atom is -0.350 e. The Balaban J connectivity index is 2.53. The molecule has 1 amide bonds. The molecule has 1 N–H and O–H groups in total. The SMILES string of the molecule is Cc1ncc2cccc(C(=O)NC(C)C)c2n1. The van der Waals surface area contributed by atoms with Gasteiger partial charge in [-0.05, 0) is 26.8 Å². The second kappa shape index (κ2) is 4.49. The van der Waals surface area contributed by atoms with Gasteiger partial charge in [0.25, 0.3) is 5.91 Å². The maximum atomic E-state index is 12.0. The van der Waals surface area contributed by atoms with E-state index in [0.717, 1.165) is 5.39 Å². The topological polar surface area (TPSA) is 54.9 Å². The molecule has 17 heavy (non-hydrogen) atoms. The van der Waals surface area contributed by atoms with Crippen LogP contribution in [0.4, 0.5) is 0 Å². The highest BCUT2D eigenvalue weighted by Gasteiger charge is 2.12. The van der Waals surface area contributed by atoms with Crippen LogP contribution in [0, 0.1) is 6.92 Å². The van der Waals surface area contributed by atoms with Crippen molar-refractivity contribution < 1.29 is 4.79 Å². The smallest absolute Gasteiger partial charge is 0.253 e. The lowest BCUT2D eigenvalue weighted by Gasteiger charge is -2.10. The summed E-state index contributed by atoms with van der Waals surface area (Å²) in [5.41, 5.74) is 1.31. The number of rotatable bonds is 2. The molecule has 0 unspecified atom stereocenters. The first-order chi connectivity index (χ1) is 8.08. The zero-order chi connectivity index (χ0) is 12.4. The van der Waals surface area contributed by atoms with E-state index < -0.39 is 0 Å². The molecule has 0 spiro atoms. The van der Waals surface area contributed by atoms with Crippen LogP contribution in [-0.4, -0.2) is 21.9 Å². The molecule has 0 aliphatic carbocycles. The van der Waals surface area contributed by atoms with Crippen molar-refractivity contribution in [3.8, 4) is 0 Å². The number of nitrogens with zero attached hydrogens (tertiary/aromatic N) is 2. The number of amides is 1. The number of aromatic nitrogens is 2. The van der Waals surface area contributed by atoms with Crippen molar-refractivity contribution in [2.24, 2.45) is 0 Å². The number of aryl methyl sites for hydroxylation is 1. The summed E-state index contributed by atoms with van der Waals surface area (Å²) in [6, 6.07) is 5.64. The van der Waals surface area contributed by atoms with E-state index in [1.165, 1.54) is 0 Å². The maximum Gasteiger partial charge on any atom is 0.253 e. The highest BCUT2D eigenvalue weighted by atomic mass is 16.1. The fourth-order valence-corrected chi connectivity index (χ4v) is 1.67. The Bertz CT molecular complexity index is 564. The Morgan fingerprint density at radius 3 is 2.82 bits per heavy atom. The Morgan fingerprint density at radius 2 is 2.12 bits per heavy atom. The van der Waals surface area contributed by atoms with Gasteiger partial charge in [-0.3, -0.25) is 4.79 Å². The number of nitrogens with one attached hydrogen (secondary N) is 1. The van der Waals surface area contributed by atoms with Crippen LogP contribution < -0.4 is 5.32 Å². The molecular weight excluding hydrogens is 214 g/mol. The second-order valence-corrected chi connectivity index (χ2v) is 4.29. The van der Waals surface area contributed by atoms with Gasteiger partial charge in [0.05, 0.1) is 11.1 Å². The molecule has 0 saturated carbocycles. The van der Waals surface area contributed by atoms with Gasteiger partial charge < -0.3 is 5.32 Å². The molecule has 0 fully saturated rings. The van der Waals surface area contributed by atoms with E-state index in [1.807, 2.05) is 32.9 Å². The van der Waals surface area contributed by atoms with E-state index >= 15 is 0 Å². The van der Waals surface area contributed by atoms with Crippen LogP contribution in [0.1, 0.15) is 30.0 Å². The van der Waals surface area contributed by atoms with Crippen LogP contribution in [0.5, 0.6) is 0 Å². The highest BCUT2D eigenvalue weighted by Crippen LogP contribution is 2.15. The average molecular weight is 229 g/mol. The molecule has 0 atom stereocenters. The minimum atomic E-state index is -0.0938. The number of carbonyl (C=O) groups excluding carboxylic acids is 1. The van der Waals surface area contributed by atoms with Gasteiger partial charge in [-0.15, -0.1) is 0 Å². The summed E-state index contributed by atoms with van der Waals surface area (Å²) >= 11 is 0. The van der Waals surface area contributed by atoms with Crippen molar-refractivity contribution in [2.75, 3.05) is 0 Å². The van der Waals surface area contributed by atoms with Gasteiger partial charge in [-0.2, -0.15) is 0 Å². The standard InChI is InChI=1S/C13H15N3O/c1-8(2)15-13(17)11-6-4-5-10-7-14-9(3)16-12(10)11/h4-8H,1-3H3,(H,15,17). The highest BCUT2D eigenvalue weighted by molar-refractivity contribution is 6.05. The fourth-order valence-electron chi connectivity index (χ4n) is 1.67. The third kappa shape index (κ3) is 2.41. The van der Waals surface area contributed by atoms with E-state index in [0.29, 0.717) is 16.9 Å². The van der Waals surface area contributed by atoms with Crippen LogP contribution >= 0.6 is 0 Å². The van der Waals surface area contributed by atoms with Crippen molar-refractivity contribution >= 4 is 16.8 Å². The van der Waals surface area contributed by atoms with E-state index in [9.17, 15) is 4.79 Å². The summed E-state index contributed by atoms with van der Waals surface area (Å²) in [6.45, 7) is 5.68. The number of benzene rings is 1. The molecule has 0 bridgehead atoms. The van der Waals surface area contributed by atoms with Gasteiger partial charge in [0.1, 0.15) is 5.82 Å². The van der Waals surface area contributed by atoms with Crippen molar-refractivity contribution in [1.82, 2.24) is 15.3 Å². The summed E-state index contributed by atoms with van der Waals surface area (Å²) in [5, 5.41) is 3.75. The van der Waals surface area contributed by atoms with Crippen molar-refractivity contribution in [1.29, 1.82) is 0 Å². The van der Waals surface area contributed by atoms with Crippen LogP contribution in [0.15, 0.2) is 24.4 Å². The van der Waals surface area contributed by atoms with E-state index in [4.69, 9.17) is 0 Å². The van der Waals surface area contributed by atoms with E-state index in [2.05, 4.69) is 15.3 Å². The Hall–Kier alpha value is -1.97. The van der Waals surface area contributed by atoms with Crippen LogP contribution in [0.3, 0.4) is 0 Å². The molecule has 1 heterocycles. The quantitative estimate of drug-likeness (QED) is 0.857. The minimum absolute atomic E-state index is 0.0938. The molecule has 1 aromatic heterocycles. The molecule has 0 saturated heterocycles. The van der Waals surface area contributed by atoms with Gasteiger partial charge in [-0.25, -0.2) is 9.97 Å². The Labute approximate surface area is 100 Å². The predicted molar refractivity (Wildman–Crippen MR) is 66.9 cm³/mol. The zero-order valence-corrected chi connectivity index (χ0v) is 10.2. The van der Waals surface area contributed by atoms with Crippen molar-refractivity contribution in [3.05, 3.63) is 35.8 Å². The number of para-hydroxylation sites is 1. The number of hydrogen-bond acceptors (Lipinski definition) is 3. The van der Waals surface area contributed by atoms with Gasteiger partial charge >= 0.3 is 0 Å². The lowest BCUT2D eigenvalue weighted by atomic mass is 10.1. The molecule has 0 radical (unpaired) electrons. The first kappa shape index (κ1) is 11.5. The number of carbonyl (C=O) groups is 1. The summed E-state index contributed by atoms with van der Waals surface area (Å²) < 4.78 is 0. The number of hydrogen-bond donors (Lipinski definition) is 1. The van der Waals surface area contributed by atoms with Gasteiger partial charge in [0.2, 0.25) is 0 Å². The first-order valence-electron chi connectivity index (χ1n) is 5.61. The predicted octanol–water partition coefficient (Wildman–Crippen LogP) is 2.08. The molecule has 4 nitrogen and oxygen atoms in total. The molecule has 0 aliphatic heterocycles. The molecule has 2 rings (SSSR count). The molecule has 88 valence electrons.